The molecule has 1 aliphatic heterocycles. The van der Waals surface area contributed by atoms with Gasteiger partial charge in [0.1, 0.15) is 0 Å². The molecule has 2 heterocycles. The van der Waals surface area contributed by atoms with Gasteiger partial charge in [-0.25, -0.2) is 0 Å². The van der Waals surface area contributed by atoms with Gasteiger partial charge in [-0.1, -0.05) is 0 Å². The lowest BCUT2D eigenvalue weighted by atomic mass is 10.1. The van der Waals surface area contributed by atoms with E-state index in [2.05, 4.69) is 25.6 Å². The molecular formula is C9H14ClN5O. The first-order chi connectivity index (χ1) is 7.78. The molecule has 1 saturated heterocycles. The van der Waals surface area contributed by atoms with Crippen molar-refractivity contribution >= 4 is 23.5 Å². The summed E-state index contributed by atoms with van der Waals surface area (Å²) in [5.74, 6) is 0.944. The van der Waals surface area contributed by atoms with Crippen LogP contribution in [0.3, 0.4) is 0 Å². The average molecular weight is 244 g/mol. The van der Waals surface area contributed by atoms with E-state index in [1.54, 1.807) is 7.05 Å². The van der Waals surface area contributed by atoms with E-state index in [1.165, 1.54) is 0 Å². The van der Waals surface area contributed by atoms with Crippen LogP contribution in [0, 0.1) is 0 Å². The Morgan fingerprint density at radius 2 is 2.12 bits per heavy atom. The van der Waals surface area contributed by atoms with Crippen LogP contribution in [0.25, 0.3) is 0 Å². The SMILES string of the molecule is CNc1nc(Cl)nc(NC2CCCOC2)n1. The zero-order valence-corrected chi connectivity index (χ0v) is 9.79. The first-order valence-corrected chi connectivity index (χ1v) is 5.59. The summed E-state index contributed by atoms with van der Waals surface area (Å²) in [5.41, 5.74) is 0. The zero-order valence-electron chi connectivity index (χ0n) is 9.03. The molecule has 0 amide bonds. The summed E-state index contributed by atoms with van der Waals surface area (Å²) in [5, 5.41) is 6.19. The van der Waals surface area contributed by atoms with Gasteiger partial charge in [-0.05, 0) is 24.4 Å². The molecule has 0 radical (unpaired) electrons. The second kappa shape index (κ2) is 5.27. The molecule has 1 aromatic rings. The maximum atomic E-state index is 5.77. The molecule has 1 unspecified atom stereocenters. The topological polar surface area (TPSA) is 72.0 Å². The summed E-state index contributed by atoms with van der Waals surface area (Å²) in [7, 11) is 1.74. The van der Waals surface area contributed by atoms with Gasteiger partial charge in [0.05, 0.1) is 12.6 Å². The fourth-order valence-electron chi connectivity index (χ4n) is 1.56. The van der Waals surface area contributed by atoms with E-state index in [9.17, 15) is 0 Å². The summed E-state index contributed by atoms with van der Waals surface area (Å²) in [6.45, 7) is 1.51. The molecule has 1 fully saturated rings. The summed E-state index contributed by atoms with van der Waals surface area (Å²) < 4.78 is 5.36. The maximum absolute atomic E-state index is 5.77. The molecule has 0 bridgehead atoms. The van der Waals surface area contributed by atoms with E-state index < -0.39 is 0 Å². The Morgan fingerprint density at radius 1 is 1.31 bits per heavy atom. The quantitative estimate of drug-likeness (QED) is 0.830. The highest BCUT2D eigenvalue weighted by atomic mass is 35.5. The molecule has 0 spiro atoms. The van der Waals surface area contributed by atoms with Crippen molar-refractivity contribution in [2.45, 2.75) is 18.9 Å². The third-order valence-corrected chi connectivity index (χ3v) is 2.49. The standard InChI is InChI=1S/C9H14ClN5O/c1-11-8-13-7(10)14-9(15-8)12-6-3-2-4-16-5-6/h6H,2-5H2,1H3,(H2,11,12,13,14,15). The Labute approximate surface area is 98.8 Å². The summed E-state index contributed by atoms with van der Waals surface area (Å²) in [4.78, 5) is 12.1. The number of hydrogen-bond donors (Lipinski definition) is 2. The highest BCUT2D eigenvalue weighted by molar-refractivity contribution is 6.28. The molecule has 7 heteroatoms. The van der Waals surface area contributed by atoms with Crippen LogP contribution in [0.4, 0.5) is 11.9 Å². The fraction of sp³-hybridized carbons (Fsp3) is 0.667. The van der Waals surface area contributed by atoms with Crippen LogP contribution in [0.5, 0.6) is 0 Å². The van der Waals surface area contributed by atoms with E-state index >= 15 is 0 Å². The summed E-state index contributed by atoms with van der Waals surface area (Å²) in [6.07, 6.45) is 2.10. The normalized spacial score (nSPS) is 20.5. The van der Waals surface area contributed by atoms with Crippen molar-refractivity contribution in [1.82, 2.24) is 15.0 Å². The first-order valence-electron chi connectivity index (χ1n) is 5.21. The molecule has 1 atom stereocenters. The van der Waals surface area contributed by atoms with Crippen LogP contribution >= 0.6 is 11.6 Å². The van der Waals surface area contributed by atoms with Gasteiger partial charge in [-0.15, -0.1) is 0 Å². The van der Waals surface area contributed by atoms with E-state index in [4.69, 9.17) is 16.3 Å². The lowest BCUT2D eigenvalue weighted by Gasteiger charge is -2.23. The number of nitrogens with zero attached hydrogens (tertiary/aromatic N) is 3. The Morgan fingerprint density at radius 3 is 2.81 bits per heavy atom. The van der Waals surface area contributed by atoms with Crippen molar-refractivity contribution in [3.63, 3.8) is 0 Å². The van der Waals surface area contributed by atoms with E-state index in [-0.39, 0.29) is 11.3 Å². The number of anilines is 2. The molecule has 0 aliphatic carbocycles. The van der Waals surface area contributed by atoms with Crippen molar-refractivity contribution in [2.75, 3.05) is 30.9 Å². The van der Waals surface area contributed by atoms with Gasteiger partial charge < -0.3 is 15.4 Å². The summed E-state index contributed by atoms with van der Waals surface area (Å²) in [6, 6.07) is 0.247. The van der Waals surface area contributed by atoms with E-state index in [1.807, 2.05) is 0 Å². The molecule has 0 saturated carbocycles. The molecule has 6 nitrogen and oxygen atoms in total. The van der Waals surface area contributed by atoms with Gasteiger partial charge in [0, 0.05) is 13.7 Å². The van der Waals surface area contributed by atoms with Crippen LogP contribution in [-0.2, 0) is 4.74 Å². The van der Waals surface area contributed by atoms with Gasteiger partial charge >= 0.3 is 0 Å². The number of rotatable bonds is 3. The molecule has 0 aromatic carbocycles. The third kappa shape index (κ3) is 2.93. The van der Waals surface area contributed by atoms with Crippen LogP contribution in [0.2, 0.25) is 5.28 Å². The number of hydrogen-bond acceptors (Lipinski definition) is 6. The maximum Gasteiger partial charge on any atom is 0.229 e. The Bertz CT molecular complexity index is 356. The smallest absolute Gasteiger partial charge is 0.229 e. The fourth-order valence-corrected chi connectivity index (χ4v) is 1.72. The predicted octanol–water partition coefficient (Wildman–Crippen LogP) is 1.16. The van der Waals surface area contributed by atoms with E-state index in [0.29, 0.717) is 18.5 Å². The van der Waals surface area contributed by atoms with Crippen molar-refractivity contribution in [2.24, 2.45) is 0 Å². The monoisotopic (exact) mass is 243 g/mol. The lowest BCUT2D eigenvalue weighted by Crippen LogP contribution is -2.30. The number of ether oxygens (including phenoxy) is 1. The Balaban J connectivity index is 2.04. The highest BCUT2D eigenvalue weighted by Gasteiger charge is 2.15. The van der Waals surface area contributed by atoms with E-state index in [0.717, 1.165) is 19.4 Å². The minimum absolute atomic E-state index is 0.179. The van der Waals surface area contributed by atoms with Crippen LogP contribution < -0.4 is 10.6 Å². The summed E-state index contributed by atoms with van der Waals surface area (Å²) >= 11 is 5.77. The molecule has 2 rings (SSSR count). The van der Waals surface area contributed by atoms with Crippen LogP contribution in [0.1, 0.15) is 12.8 Å². The highest BCUT2D eigenvalue weighted by Crippen LogP contribution is 2.13. The average Bonchev–Trinajstić information content (AvgIpc) is 2.29. The van der Waals surface area contributed by atoms with Gasteiger partial charge in [0.25, 0.3) is 0 Å². The minimum atomic E-state index is 0.179. The van der Waals surface area contributed by atoms with Crippen molar-refractivity contribution < 1.29 is 4.74 Å². The first kappa shape index (κ1) is 11.3. The molecule has 88 valence electrons. The van der Waals surface area contributed by atoms with Gasteiger partial charge in [-0.3, -0.25) is 0 Å². The lowest BCUT2D eigenvalue weighted by molar-refractivity contribution is 0.0874. The molecule has 1 aromatic heterocycles. The Hall–Kier alpha value is -1.14. The number of halogens is 1. The van der Waals surface area contributed by atoms with Gasteiger partial charge in [0.15, 0.2) is 0 Å². The van der Waals surface area contributed by atoms with Crippen molar-refractivity contribution in [3.05, 3.63) is 5.28 Å². The molecule has 16 heavy (non-hydrogen) atoms. The zero-order chi connectivity index (χ0) is 11.4. The van der Waals surface area contributed by atoms with Crippen molar-refractivity contribution in [3.8, 4) is 0 Å². The second-order valence-electron chi connectivity index (χ2n) is 3.56. The molecule has 2 N–H and O–H groups in total. The van der Waals surface area contributed by atoms with Gasteiger partial charge in [0.2, 0.25) is 17.2 Å². The molecular weight excluding hydrogens is 230 g/mol. The van der Waals surface area contributed by atoms with Gasteiger partial charge in [-0.2, -0.15) is 15.0 Å². The third-order valence-electron chi connectivity index (χ3n) is 2.33. The number of nitrogens with one attached hydrogen (secondary N) is 2. The molecule has 1 aliphatic rings. The van der Waals surface area contributed by atoms with Crippen LogP contribution in [-0.4, -0.2) is 41.3 Å². The van der Waals surface area contributed by atoms with Crippen molar-refractivity contribution in [1.29, 1.82) is 0 Å². The second-order valence-corrected chi connectivity index (χ2v) is 3.90. The minimum Gasteiger partial charge on any atom is -0.379 e. The van der Waals surface area contributed by atoms with Crippen LogP contribution in [0.15, 0.2) is 0 Å². The Kier molecular flexibility index (Phi) is 3.74. The number of aromatic nitrogens is 3. The largest absolute Gasteiger partial charge is 0.379 e. The predicted molar refractivity (Wildman–Crippen MR) is 61.8 cm³/mol.